The summed E-state index contributed by atoms with van der Waals surface area (Å²) < 4.78 is 0. The molecule has 1 aromatic heterocycles. The fraction of sp³-hybridized carbons (Fsp3) is 0.200. The van der Waals surface area contributed by atoms with Crippen LogP contribution >= 0.6 is 23.4 Å². The standard InChI is InChI=1S/C5H5ClN4OS/c1-12-5-8-2(4(7)11)3(6)9-10-5/h1H3,(H2,7,11). The van der Waals surface area contributed by atoms with Crippen LogP contribution in [0, 0.1) is 0 Å². The molecule has 0 bridgehead atoms. The topological polar surface area (TPSA) is 81.8 Å². The van der Waals surface area contributed by atoms with E-state index in [-0.39, 0.29) is 10.8 Å². The number of nitrogens with two attached hydrogens (primary N) is 1. The van der Waals surface area contributed by atoms with Crippen LogP contribution in [0.5, 0.6) is 0 Å². The minimum absolute atomic E-state index is 0.0454. The molecule has 1 aromatic rings. The predicted molar refractivity (Wildman–Crippen MR) is 45.1 cm³/mol. The van der Waals surface area contributed by atoms with Gasteiger partial charge in [0.25, 0.3) is 5.91 Å². The number of carbonyl (C=O) groups is 1. The molecule has 1 heterocycles. The minimum Gasteiger partial charge on any atom is -0.364 e. The molecule has 12 heavy (non-hydrogen) atoms. The van der Waals surface area contributed by atoms with Gasteiger partial charge in [-0.25, -0.2) is 4.98 Å². The molecule has 2 N–H and O–H groups in total. The van der Waals surface area contributed by atoms with Crippen molar-refractivity contribution in [2.75, 3.05) is 6.26 Å². The molecule has 0 aliphatic rings. The number of amides is 1. The van der Waals surface area contributed by atoms with Crippen molar-refractivity contribution in [3.8, 4) is 0 Å². The average molecular weight is 205 g/mol. The Labute approximate surface area is 77.7 Å². The van der Waals surface area contributed by atoms with E-state index in [1.165, 1.54) is 11.8 Å². The van der Waals surface area contributed by atoms with Crippen molar-refractivity contribution in [3.05, 3.63) is 10.8 Å². The molecule has 0 spiro atoms. The van der Waals surface area contributed by atoms with Gasteiger partial charge in [0.1, 0.15) is 0 Å². The Balaban J connectivity index is 3.17. The lowest BCUT2D eigenvalue weighted by Gasteiger charge is -1.97. The smallest absolute Gasteiger partial charge is 0.270 e. The molecule has 0 radical (unpaired) electrons. The van der Waals surface area contributed by atoms with Crippen LogP contribution in [-0.4, -0.2) is 27.3 Å². The molecular formula is C5H5ClN4OS. The van der Waals surface area contributed by atoms with Crippen LogP contribution in [0.25, 0.3) is 0 Å². The van der Waals surface area contributed by atoms with Crippen LogP contribution in [0.3, 0.4) is 0 Å². The van der Waals surface area contributed by atoms with E-state index in [1.807, 2.05) is 0 Å². The summed E-state index contributed by atoms with van der Waals surface area (Å²) in [6.07, 6.45) is 1.76. The van der Waals surface area contributed by atoms with Crippen molar-refractivity contribution in [3.63, 3.8) is 0 Å². The van der Waals surface area contributed by atoms with Gasteiger partial charge in [0.2, 0.25) is 5.16 Å². The van der Waals surface area contributed by atoms with E-state index < -0.39 is 5.91 Å². The number of hydrogen-bond acceptors (Lipinski definition) is 5. The van der Waals surface area contributed by atoms with E-state index in [0.717, 1.165) is 0 Å². The number of nitrogens with zero attached hydrogens (tertiary/aromatic N) is 3. The van der Waals surface area contributed by atoms with Crippen molar-refractivity contribution >= 4 is 29.3 Å². The van der Waals surface area contributed by atoms with Crippen LogP contribution in [0.2, 0.25) is 5.15 Å². The largest absolute Gasteiger partial charge is 0.364 e. The van der Waals surface area contributed by atoms with Crippen LogP contribution in [0.4, 0.5) is 0 Å². The van der Waals surface area contributed by atoms with E-state index in [0.29, 0.717) is 5.16 Å². The zero-order chi connectivity index (χ0) is 9.14. The maximum absolute atomic E-state index is 10.7. The molecule has 0 saturated heterocycles. The highest BCUT2D eigenvalue weighted by Crippen LogP contribution is 2.12. The molecule has 0 saturated carbocycles. The van der Waals surface area contributed by atoms with Gasteiger partial charge in [-0.3, -0.25) is 4.79 Å². The Morgan fingerprint density at radius 3 is 2.75 bits per heavy atom. The normalized spacial score (nSPS) is 9.83. The van der Waals surface area contributed by atoms with Gasteiger partial charge >= 0.3 is 0 Å². The molecule has 0 aromatic carbocycles. The number of carbonyl (C=O) groups excluding carboxylic acids is 1. The first kappa shape index (κ1) is 9.21. The lowest BCUT2D eigenvalue weighted by atomic mass is 10.4. The fourth-order valence-corrected chi connectivity index (χ4v) is 1.02. The molecule has 0 fully saturated rings. The van der Waals surface area contributed by atoms with E-state index in [9.17, 15) is 4.79 Å². The van der Waals surface area contributed by atoms with Crippen LogP contribution < -0.4 is 5.73 Å². The molecule has 0 unspecified atom stereocenters. The number of thioether (sulfide) groups is 1. The second-order valence-electron chi connectivity index (χ2n) is 1.80. The zero-order valence-corrected chi connectivity index (χ0v) is 7.69. The van der Waals surface area contributed by atoms with Gasteiger partial charge in [-0.15, -0.1) is 10.2 Å². The molecular weight excluding hydrogens is 200 g/mol. The third-order valence-electron chi connectivity index (χ3n) is 1.04. The van der Waals surface area contributed by atoms with E-state index in [2.05, 4.69) is 15.2 Å². The quantitative estimate of drug-likeness (QED) is 0.703. The molecule has 0 aliphatic carbocycles. The van der Waals surface area contributed by atoms with Gasteiger partial charge in [-0.1, -0.05) is 23.4 Å². The lowest BCUT2D eigenvalue weighted by Crippen LogP contribution is -2.15. The lowest BCUT2D eigenvalue weighted by molar-refractivity contribution is 0.0994. The van der Waals surface area contributed by atoms with Crippen molar-refractivity contribution < 1.29 is 4.79 Å². The van der Waals surface area contributed by atoms with Crippen molar-refractivity contribution in [2.24, 2.45) is 5.73 Å². The Kier molecular flexibility index (Phi) is 2.83. The second-order valence-corrected chi connectivity index (χ2v) is 2.93. The van der Waals surface area contributed by atoms with Crippen molar-refractivity contribution in [1.29, 1.82) is 0 Å². The summed E-state index contributed by atoms with van der Waals surface area (Å²) in [7, 11) is 0. The van der Waals surface area contributed by atoms with Crippen LogP contribution in [-0.2, 0) is 0 Å². The number of hydrogen-bond donors (Lipinski definition) is 1. The number of primary amides is 1. The van der Waals surface area contributed by atoms with Gasteiger partial charge in [0, 0.05) is 0 Å². The molecule has 5 nitrogen and oxygen atoms in total. The third-order valence-corrected chi connectivity index (χ3v) is 1.83. The maximum Gasteiger partial charge on any atom is 0.270 e. The molecule has 7 heteroatoms. The van der Waals surface area contributed by atoms with Gasteiger partial charge in [-0.05, 0) is 6.26 Å². The first-order valence-electron chi connectivity index (χ1n) is 2.89. The Bertz CT molecular complexity index is 318. The summed E-state index contributed by atoms with van der Waals surface area (Å²) in [5.74, 6) is -0.704. The van der Waals surface area contributed by atoms with Gasteiger partial charge in [0.05, 0.1) is 0 Å². The molecule has 1 rings (SSSR count). The van der Waals surface area contributed by atoms with Crippen molar-refractivity contribution in [2.45, 2.75) is 5.16 Å². The highest BCUT2D eigenvalue weighted by Gasteiger charge is 2.11. The first-order valence-corrected chi connectivity index (χ1v) is 4.49. The van der Waals surface area contributed by atoms with Gasteiger partial charge < -0.3 is 5.73 Å². The minimum atomic E-state index is -0.704. The Morgan fingerprint density at radius 1 is 1.58 bits per heavy atom. The summed E-state index contributed by atoms with van der Waals surface area (Å²) in [6, 6.07) is 0. The molecule has 0 aliphatic heterocycles. The molecule has 1 amide bonds. The molecule has 0 atom stereocenters. The Morgan fingerprint density at radius 2 is 2.25 bits per heavy atom. The van der Waals surface area contributed by atoms with Gasteiger partial charge in [0.15, 0.2) is 10.8 Å². The maximum atomic E-state index is 10.7. The SMILES string of the molecule is CSc1nnc(Cl)c(C(N)=O)n1. The summed E-state index contributed by atoms with van der Waals surface area (Å²) in [6.45, 7) is 0. The van der Waals surface area contributed by atoms with Crippen LogP contribution in [0.1, 0.15) is 10.5 Å². The zero-order valence-electron chi connectivity index (χ0n) is 6.11. The highest BCUT2D eigenvalue weighted by molar-refractivity contribution is 7.98. The summed E-state index contributed by atoms with van der Waals surface area (Å²) in [5.41, 5.74) is 4.93. The number of rotatable bonds is 2. The monoisotopic (exact) mass is 204 g/mol. The van der Waals surface area contributed by atoms with Gasteiger partial charge in [-0.2, -0.15) is 0 Å². The number of halogens is 1. The predicted octanol–water partition coefficient (Wildman–Crippen LogP) is 0.346. The summed E-state index contributed by atoms with van der Waals surface area (Å²) in [4.78, 5) is 14.5. The number of aromatic nitrogens is 3. The first-order chi connectivity index (χ1) is 5.65. The third kappa shape index (κ3) is 1.83. The van der Waals surface area contributed by atoms with Crippen molar-refractivity contribution in [1.82, 2.24) is 15.2 Å². The molecule has 64 valence electrons. The van der Waals surface area contributed by atoms with Crippen LogP contribution in [0.15, 0.2) is 5.16 Å². The summed E-state index contributed by atoms with van der Waals surface area (Å²) >= 11 is 6.76. The Hall–Kier alpha value is -0.880. The second kappa shape index (κ2) is 3.68. The fourth-order valence-electron chi connectivity index (χ4n) is 0.541. The average Bonchev–Trinajstić information content (AvgIpc) is 2.05. The van der Waals surface area contributed by atoms with E-state index in [1.54, 1.807) is 6.26 Å². The van der Waals surface area contributed by atoms with E-state index in [4.69, 9.17) is 17.3 Å². The van der Waals surface area contributed by atoms with E-state index >= 15 is 0 Å². The highest BCUT2D eigenvalue weighted by atomic mass is 35.5. The summed E-state index contributed by atoms with van der Waals surface area (Å²) in [5, 5.41) is 7.40.